The summed E-state index contributed by atoms with van der Waals surface area (Å²) in [5.74, 6) is 1.94. The number of hydrogen-bond donors (Lipinski definition) is 0. The molecule has 1 saturated heterocycles. The van der Waals surface area contributed by atoms with Crippen LogP contribution in [0.1, 0.15) is 39.0 Å². The second-order valence-corrected chi connectivity index (χ2v) is 5.18. The van der Waals surface area contributed by atoms with Crippen molar-refractivity contribution in [2.75, 3.05) is 6.61 Å². The molecule has 0 radical (unpaired) electrons. The lowest BCUT2D eigenvalue weighted by Gasteiger charge is -2.40. The van der Waals surface area contributed by atoms with Gasteiger partial charge in [0.2, 0.25) is 0 Å². The summed E-state index contributed by atoms with van der Waals surface area (Å²) in [4.78, 5) is 0. The van der Waals surface area contributed by atoms with Crippen molar-refractivity contribution in [3.63, 3.8) is 0 Å². The summed E-state index contributed by atoms with van der Waals surface area (Å²) in [6.07, 6.45) is 7.78. The Bertz CT molecular complexity index is 199. The van der Waals surface area contributed by atoms with Gasteiger partial charge in [0.15, 0.2) is 0 Å². The fourth-order valence-corrected chi connectivity index (χ4v) is 3.54. The van der Waals surface area contributed by atoms with E-state index in [1.54, 1.807) is 0 Å². The SMILES string of the molecule is CC12CC1CCC1CCCOC12. The topological polar surface area (TPSA) is 9.23 Å². The molecule has 0 aromatic heterocycles. The largest absolute Gasteiger partial charge is 0.377 e. The van der Waals surface area contributed by atoms with E-state index < -0.39 is 0 Å². The third kappa shape index (κ3) is 0.834. The van der Waals surface area contributed by atoms with Crippen molar-refractivity contribution in [1.82, 2.24) is 0 Å². The molecular weight excluding hydrogens is 148 g/mol. The lowest BCUT2D eigenvalue weighted by atomic mass is 9.76. The fourth-order valence-electron chi connectivity index (χ4n) is 3.54. The van der Waals surface area contributed by atoms with E-state index in [9.17, 15) is 0 Å². The van der Waals surface area contributed by atoms with Gasteiger partial charge in [-0.15, -0.1) is 0 Å². The van der Waals surface area contributed by atoms with Gasteiger partial charge in [-0.2, -0.15) is 0 Å². The molecule has 1 heteroatoms. The number of hydrogen-bond acceptors (Lipinski definition) is 1. The first-order valence-electron chi connectivity index (χ1n) is 5.42. The highest BCUT2D eigenvalue weighted by Gasteiger charge is 2.60. The first kappa shape index (κ1) is 7.37. The summed E-state index contributed by atoms with van der Waals surface area (Å²) >= 11 is 0. The zero-order valence-electron chi connectivity index (χ0n) is 7.88. The molecule has 1 nitrogen and oxygen atoms in total. The van der Waals surface area contributed by atoms with Crippen molar-refractivity contribution >= 4 is 0 Å². The van der Waals surface area contributed by atoms with Gasteiger partial charge in [-0.25, -0.2) is 0 Å². The molecule has 4 atom stereocenters. The van der Waals surface area contributed by atoms with E-state index >= 15 is 0 Å². The lowest BCUT2D eigenvalue weighted by Crippen LogP contribution is -2.39. The van der Waals surface area contributed by atoms with E-state index in [2.05, 4.69) is 6.92 Å². The van der Waals surface area contributed by atoms with Crippen molar-refractivity contribution in [1.29, 1.82) is 0 Å². The van der Waals surface area contributed by atoms with E-state index in [0.717, 1.165) is 18.4 Å². The highest BCUT2D eigenvalue weighted by atomic mass is 16.5. The maximum absolute atomic E-state index is 5.94. The van der Waals surface area contributed by atoms with Gasteiger partial charge >= 0.3 is 0 Å². The van der Waals surface area contributed by atoms with Crippen molar-refractivity contribution in [2.45, 2.75) is 45.1 Å². The van der Waals surface area contributed by atoms with E-state index in [1.165, 1.54) is 32.1 Å². The van der Waals surface area contributed by atoms with Gasteiger partial charge in [0, 0.05) is 6.61 Å². The van der Waals surface area contributed by atoms with Gasteiger partial charge in [-0.3, -0.25) is 0 Å². The Kier molecular flexibility index (Phi) is 1.39. The van der Waals surface area contributed by atoms with E-state index in [1.807, 2.05) is 0 Å². The summed E-state index contributed by atoms with van der Waals surface area (Å²) < 4.78 is 5.94. The summed E-state index contributed by atoms with van der Waals surface area (Å²) in [6, 6.07) is 0. The normalized spacial score (nSPS) is 57.2. The minimum absolute atomic E-state index is 0.614. The third-order valence-electron chi connectivity index (χ3n) is 4.44. The molecule has 1 aliphatic heterocycles. The Balaban J connectivity index is 1.83. The molecule has 2 saturated carbocycles. The minimum Gasteiger partial charge on any atom is -0.377 e. The summed E-state index contributed by atoms with van der Waals surface area (Å²) in [5.41, 5.74) is 0.614. The molecule has 1 heterocycles. The molecule has 0 aromatic rings. The quantitative estimate of drug-likeness (QED) is 0.537. The van der Waals surface area contributed by atoms with Crippen LogP contribution in [0.3, 0.4) is 0 Å². The molecule has 68 valence electrons. The molecule has 0 spiro atoms. The van der Waals surface area contributed by atoms with Crippen LogP contribution in [0.5, 0.6) is 0 Å². The number of fused-ring (bicyclic) bond motifs is 3. The number of rotatable bonds is 0. The van der Waals surface area contributed by atoms with Gasteiger partial charge in [0.25, 0.3) is 0 Å². The fraction of sp³-hybridized carbons (Fsp3) is 1.00. The lowest BCUT2D eigenvalue weighted by molar-refractivity contribution is -0.0845. The molecule has 0 N–H and O–H groups in total. The van der Waals surface area contributed by atoms with Gasteiger partial charge in [-0.1, -0.05) is 6.92 Å². The molecule has 3 rings (SSSR count). The molecule has 0 amide bonds. The monoisotopic (exact) mass is 166 g/mol. The first-order valence-corrected chi connectivity index (χ1v) is 5.42. The predicted molar refractivity (Wildman–Crippen MR) is 47.9 cm³/mol. The van der Waals surface area contributed by atoms with E-state index in [4.69, 9.17) is 4.74 Å². The average molecular weight is 166 g/mol. The van der Waals surface area contributed by atoms with E-state index in [0.29, 0.717) is 11.5 Å². The van der Waals surface area contributed by atoms with Crippen LogP contribution in [0.4, 0.5) is 0 Å². The molecule has 4 unspecified atom stereocenters. The minimum atomic E-state index is 0.614. The van der Waals surface area contributed by atoms with Crippen LogP contribution in [-0.4, -0.2) is 12.7 Å². The molecule has 2 aliphatic carbocycles. The second-order valence-electron chi connectivity index (χ2n) is 5.18. The van der Waals surface area contributed by atoms with Crippen molar-refractivity contribution in [3.8, 4) is 0 Å². The Morgan fingerprint density at radius 2 is 2.17 bits per heavy atom. The Hall–Kier alpha value is -0.0400. The Morgan fingerprint density at radius 3 is 3.08 bits per heavy atom. The van der Waals surface area contributed by atoms with Crippen molar-refractivity contribution in [2.24, 2.45) is 17.3 Å². The van der Waals surface area contributed by atoms with E-state index in [-0.39, 0.29) is 0 Å². The van der Waals surface area contributed by atoms with Crippen LogP contribution in [0.15, 0.2) is 0 Å². The smallest absolute Gasteiger partial charge is 0.0659 e. The Morgan fingerprint density at radius 1 is 1.25 bits per heavy atom. The molecule has 0 bridgehead atoms. The Labute approximate surface area is 74.5 Å². The van der Waals surface area contributed by atoms with Gasteiger partial charge in [0.1, 0.15) is 0 Å². The average Bonchev–Trinajstić information content (AvgIpc) is 2.78. The maximum Gasteiger partial charge on any atom is 0.0659 e. The zero-order valence-corrected chi connectivity index (χ0v) is 7.88. The maximum atomic E-state index is 5.94. The molecule has 12 heavy (non-hydrogen) atoms. The van der Waals surface area contributed by atoms with Crippen LogP contribution in [-0.2, 0) is 4.74 Å². The van der Waals surface area contributed by atoms with Crippen LogP contribution >= 0.6 is 0 Å². The molecule has 0 aromatic carbocycles. The summed E-state index contributed by atoms with van der Waals surface area (Å²) in [5, 5.41) is 0. The van der Waals surface area contributed by atoms with Crippen LogP contribution in [0, 0.1) is 17.3 Å². The summed E-state index contributed by atoms with van der Waals surface area (Å²) in [6.45, 7) is 3.48. The highest BCUT2D eigenvalue weighted by Crippen LogP contribution is 2.64. The highest BCUT2D eigenvalue weighted by molar-refractivity contribution is 5.09. The summed E-state index contributed by atoms with van der Waals surface area (Å²) in [7, 11) is 0. The van der Waals surface area contributed by atoms with Crippen LogP contribution < -0.4 is 0 Å². The number of ether oxygens (including phenoxy) is 1. The molecule has 3 aliphatic rings. The molecular formula is C11H18O. The van der Waals surface area contributed by atoms with Crippen LogP contribution in [0.25, 0.3) is 0 Å². The molecule has 3 fully saturated rings. The first-order chi connectivity index (χ1) is 5.81. The standard InChI is InChI=1S/C11H18O/c1-11-7-9(11)5-4-8-3-2-6-12-10(8)11/h8-10H,2-7H2,1H3. The van der Waals surface area contributed by atoms with Crippen LogP contribution in [0.2, 0.25) is 0 Å². The van der Waals surface area contributed by atoms with Crippen molar-refractivity contribution < 1.29 is 4.74 Å². The van der Waals surface area contributed by atoms with Gasteiger partial charge in [0.05, 0.1) is 6.10 Å². The second kappa shape index (κ2) is 2.25. The third-order valence-corrected chi connectivity index (χ3v) is 4.44. The predicted octanol–water partition coefficient (Wildman–Crippen LogP) is 2.60. The zero-order chi connectivity index (χ0) is 8.18. The van der Waals surface area contributed by atoms with Gasteiger partial charge < -0.3 is 4.74 Å². The van der Waals surface area contributed by atoms with Crippen molar-refractivity contribution in [3.05, 3.63) is 0 Å². The van der Waals surface area contributed by atoms with Gasteiger partial charge in [-0.05, 0) is 49.4 Å².